The summed E-state index contributed by atoms with van der Waals surface area (Å²) in [6.07, 6.45) is 1.88. The molecule has 1 aromatic carbocycles. The Morgan fingerprint density at radius 1 is 1.38 bits per heavy atom. The Balaban J connectivity index is 1.83. The second-order valence-electron chi connectivity index (χ2n) is 4.46. The molecule has 1 saturated heterocycles. The fraction of sp³-hybridized carbons (Fsp3) is 0.417. The van der Waals surface area contributed by atoms with E-state index in [9.17, 15) is 4.79 Å². The molecule has 84 valence electrons. The molecule has 1 aromatic rings. The van der Waals surface area contributed by atoms with E-state index in [1.807, 2.05) is 12.1 Å². The van der Waals surface area contributed by atoms with Crippen LogP contribution < -0.4 is 5.32 Å². The predicted octanol–water partition coefficient (Wildman–Crippen LogP) is 1.27. The largest absolute Gasteiger partial charge is 0.480 e. The third-order valence-electron chi connectivity index (χ3n) is 3.33. The van der Waals surface area contributed by atoms with Crippen molar-refractivity contribution in [3.63, 3.8) is 0 Å². The van der Waals surface area contributed by atoms with Crippen LogP contribution in [0.1, 0.15) is 11.1 Å². The molecule has 3 nitrogen and oxygen atoms in total. The molecule has 0 aromatic heterocycles. The number of nitrogens with one attached hydrogen (secondary N) is 1. The zero-order chi connectivity index (χ0) is 11.2. The van der Waals surface area contributed by atoms with E-state index in [0.29, 0.717) is 5.75 Å². The van der Waals surface area contributed by atoms with Crippen molar-refractivity contribution in [2.45, 2.75) is 23.8 Å². The van der Waals surface area contributed by atoms with Gasteiger partial charge >= 0.3 is 5.97 Å². The smallest absolute Gasteiger partial charge is 0.321 e. The highest BCUT2D eigenvalue weighted by atomic mass is 32.2. The summed E-state index contributed by atoms with van der Waals surface area (Å²) in [5, 5.41) is 12.3. The first-order valence-corrected chi connectivity index (χ1v) is 6.38. The van der Waals surface area contributed by atoms with Gasteiger partial charge in [-0.05, 0) is 11.1 Å². The van der Waals surface area contributed by atoms with Gasteiger partial charge in [-0.3, -0.25) is 10.1 Å². The number of fused-ring (bicyclic) bond motifs is 1. The van der Waals surface area contributed by atoms with E-state index in [1.54, 1.807) is 11.8 Å². The van der Waals surface area contributed by atoms with Gasteiger partial charge < -0.3 is 5.11 Å². The van der Waals surface area contributed by atoms with E-state index >= 15 is 0 Å². The van der Waals surface area contributed by atoms with Crippen LogP contribution in [0.5, 0.6) is 0 Å². The highest BCUT2D eigenvalue weighted by Gasteiger charge is 2.45. The Morgan fingerprint density at radius 2 is 2.00 bits per heavy atom. The van der Waals surface area contributed by atoms with Gasteiger partial charge in [-0.15, -0.1) is 11.8 Å². The molecule has 1 fully saturated rings. The summed E-state index contributed by atoms with van der Waals surface area (Å²) in [5.41, 5.74) is 2.71. The maximum absolute atomic E-state index is 10.9. The first kappa shape index (κ1) is 10.2. The Hall–Kier alpha value is -1.00. The minimum Gasteiger partial charge on any atom is -0.480 e. The maximum Gasteiger partial charge on any atom is 0.321 e. The molecule has 1 aliphatic carbocycles. The van der Waals surface area contributed by atoms with Gasteiger partial charge in [0, 0.05) is 18.6 Å². The summed E-state index contributed by atoms with van der Waals surface area (Å²) < 4.78 is 0. The summed E-state index contributed by atoms with van der Waals surface area (Å²) in [5.74, 6) is -0.0658. The average molecular weight is 235 g/mol. The molecule has 3 rings (SSSR count). The Morgan fingerprint density at radius 3 is 2.50 bits per heavy atom. The summed E-state index contributed by atoms with van der Waals surface area (Å²) >= 11 is 1.75. The molecule has 4 heteroatoms. The lowest BCUT2D eigenvalue weighted by Crippen LogP contribution is -2.45. The summed E-state index contributed by atoms with van der Waals surface area (Å²) in [7, 11) is 0. The predicted molar refractivity (Wildman–Crippen MR) is 63.6 cm³/mol. The van der Waals surface area contributed by atoms with Crippen molar-refractivity contribution in [1.29, 1.82) is 0 Å². The van der Waals surface area contributed by atoms with Gasteiger partial charge in [0.15, 0.2) is 0 Å². The van der Waals surface area contributed by atoms with Crippen LogP contribution in [-0.4, -0.2) is 27.7 Å². The number of rotatable bonds is 1. The van der Waals surface area contributed by atoms with Gasteiger partial charge in [-0.1, -0.05) is 24.3 Å². The van der Waals surface area contributed by atoms with Crippen LogP contribution in [0.25, 0.3) is 0 Å². The van der Waals surface area contributed by atoms with E-state index in [0.717, 1.165) is 12.8 Å². The van der Waals surface area contributed by atoms with Crippen LogP contribution in [0.2, 0.25) is 0 Å². The second-order valence-corrected chi connectivity index (χ2v) is 5.87. The molecular formula is C12H13NO2S. The van der Waals surface area contributed by atoms with E-state index in [2.05, 4.69) is 17.4 Å². The molecule has 1 heterocycles. The van der Waals surface area contributed by atoms with Gasteiger partial charge in [0.05, 0.1) is 4.87 Å². The van der Waals surface area contributed by atoms with Crippen molar-refractivity contribution < 1.29 is 9.90 Å². The number of benzene rings is 1. The first-order chi connectivity index (χ1) is 7.69. The second kappa shape index (κ2) is 3.50. The van der Waals surface area contributed by atoms with Crippen LogP contribution >= 0.6 is 11.8 Å². The number of carboxylic acid groups (broad SMARTS) is 1. The van der Waals surface area contributed by atoms with Crippen molar-refractivity contribution in [3.8, 4) is 0 Å². The fourth-order valence-electron chi connectivity index (χ4n) is 2.56. The number of carbonyl (C=O) groups is 1. The molecule has 0 bridgehead atoms. The topological polar surface area (TPSA) is 49.3 Å². The number of aliphatic carboxylic acids is 1. The summed E-state index contributed by atoms with van der Waals surface area (Å²) in [6, 6.07) is 7.98. The van der Waals surface area contributed by atoms with Crippen LogP contribution in [-0.2, 0) is 17.6 Å². The Bertz CT molecular complexity index is 421. The normalized spacial score (nSPS) is 25.9. The number of hydrogen-bond donors (Lipinski definition) is 2. The van der Waals surface area contributed by atoms with Crippen molar-refractivity contribution >= 4 is 17.7 Å². The molecule has 1 atom stereocenters. The minimum absolute atomic E-state index is 0.0628. The molecule has 1 aliphatic heterocycles. The number of carboxylic acids is 1. The molecule has 2 aliphatic rings. The lowest BCUT2D eigenvalue weighted by atomic mass is 10.1. The third-order valence-corrected chi connectivity index (χ3v) is 4.79. The summed E-state index contributed by atoms with van der Waals surface area (Å²) in [6.45, 7) is 0. The zero-order valence-electron chi connectivity index (χ0n) is 8.77. The Kier molecular flexibility index (Phi) is 2.23. The first-order valence-electron chi connectivity index (χ1n) is 5.40. The van der Waals surface area contributed by atoms with Crippen molar-refractivity contribution in [1.82, 2.24) is 5.32 Å². The maximum atomic E-state index is 10.9. The Labute approximate surface area is 98.2 Å². The number of hydrogen-bond acceptors (Lipinski definition) is 3. The lowest BCUT2D eigenvalue weighted by Gasteiger charge is -2.22. The van der Waals surface area contributed by atoms with E-state index in [-0.39, 0.29) is 10.9 Å². The van der Waals surface area contributed by atoms with Gasteiger partial charge in [0.25, 0.3) is 0 Å². The van der Waals surface area contributed by atoms with Crippen molar-refractivity contribution in [2.75, 3.05) is 5.75 Å². The van der Waals surface area contributed by atoms with Crippen LogP contribution in [0.15, 0.2) is 24.3 Å². The van der Waals surface area contributed by atoms with Gasteiger partial charge in [-0.25, -0.2) is 0 Å². The lowest BCUT2D eigenvalue weighted by molar-refractivity contribution is -0.138. The van der Waals surface area contributed by atoms with Crippen molar-refractivity contribution in [3.05, 3.63) is 35.4 Å². The molecule has 0 unspecified atom stereocenters. The van der Waals surface area contributed by atoms with Crippen LogP contribution in [0, 0.1) is 0 Å². The highest BCUT2D eigenvalue weighted by molar-refractivity contribution is 8.01. The molecule has 1 spiro atoms. The number of thioether (sulfide) groups is 1. The summed E-state index contributed by atoms with van der Waals surface area (Å²) in [4.78, 5) is 10.9. The fourth-order valence-corrected chi connectivity index (χ4v) is 4.01. The standard InChI is InChI=1S/C12H13NO2S/c14-11(15)10-7-16-12(13-10)5-8-3-1-2-4-9(8)6-12/h1-4,10,13H,5-7H2,(H,14,15)/t10-/m1/s1. The SMILES string of the molecule is O=C(O)[C@H]1CSC2(Cc3ccccc3C2)N1. The van der Waals surface area contributed by atoms with E-state index in [4.69, 9.17) is 5.11 Å². The highest BCUT2D eigenvalue weighted by Crippen LogP contribution is 2.42. The van der Waals surface area contributed by atoms with Gasteiger partial charge in [-0.2, -0.15) is 0 Å². The van der Waals surface area contributed by atoms with Crippen LogP contribution in [0.3, 0.4) is 0 Å². The molecule has 0 amide bonds. The minimum atomic E-state index is -0.736. The quantitative estimate of drug-likeness (QED) is 0.769. The third kappa shape index (κ3) is 1.53. The van der Waals surface area contributed by atoms with E-state index < -0.39 is 5.97 Å². The van der Waals surface area contributed by atoms with E-state index in [1.165, 1.54) is 11.1 Å². The molecule has 2 N–H and O–H groups in total. The molecule has 16 heavy (non-hydrogen) atoms. The van der Waals surface area contributed by atoms with Gasteiger partial charge in [0.2, 0.25) is 0 Å². The van der Waals surface area contributed by atoms with Gasteiger partial charge in [0.1, 0.15) is 6.04 Å². The average Bonchev–Trinajstić information content (AvgIpc) is 2.82. The molecule has 0 saturated carbocycles. The van der Waals surface area contributed by atoms with Crippen LogP contribution in [0.4, 0.5) is 0 Å². The molecular weight excluding hydrogens is 222 g/mol. The zero-order valence-corrected chi connectivity index (χ0v) is 9.59. The molecule has 0 radical (unpaired) electrons. The monoisotopic (exact) mass is 235 g/mol. The van der Waals surface area contributed by atoms with Crippen molar-refractivity contribution in [2.24, 2.45) is 0 Å².